The number of halogens is 3. The number of carbonyl (C=O) groups excluding carboxylic acids is 1. The van der Waals surface area contributed by atoms with Crippen molar-refractivity contribution < 1.29 is 17.6 Å². The largest absolute Gasteiger partial charge is 0.352 e. The quantitative estimate of drug-likeness (QED) is 0.839. The summed E-state index contributed by atoms with van der Waals surface area (Å²) in [6, 6.07) is 1.64. The van der Waals surface area contributed by atoms with E-state index in [0.717, 1.165) is 6.07 Å². The Morgan fingerprint density at radius 1 is 1.33 bits per heavy atom. The zero-order valence-corrected chi connectivity index (χ0v) is 14.2. The van der Waals surface area contributed by atoms with Gasteiger partial charge in [-0.2, -0.15) is 0 Å². The average Bonchev–Trinajstić information content (AvgIpc) is 2.29. The standard InChI is InChI=1S/C13H16Cl2FNO3S/c1-13(2,3)4-5-17-12(18)9-6-8(21(15,19)20)7-10(16)11(9)14/h6-7H,4-5H2,1-3H3,(H,17,18). The molecule has 4 nitrogen and oxygen atoms in total. The molecule has 0 heterocycles. The van der Waals surface area contributed by atoms with Gasteiger partial charge in [0.2, 0.25) is 0 Å². The van der Waals surface area contributed by atoms with Crippen LogP contribution >= 0.6 is 22.3 Å². The summed E-state index contributed by atoms with van der Waals surface area (Å²) in [5.41, 5.74) is -0.242. The third-order valence-electron chi connectivity index (χ3n) is 2.69. The smallest absolute Gasteiger partial charge is 0.261 e. The minimum Gasteiger partial charge on any atom is -0.352 e. The Bertz CT molecular complexity index is 654. The average molecular weight is 356 g/mol. The number of rotatable bonds is 4. The summed E-state index contributed by atoms with van der Waals surface area (Å²) < 4.78 is 36.1. The minimum absolute atomic E-state index is 0.0175. The van der Waals surface area contributed by atoms with Gasteiger partial charge in [0.1, 0.15) is 5.82 Å². The SMILES string of the molecule is CC(C)(C)CCNC(=O)c1cc(S(=O)(=O)Cl)cc(F)c1Cl. The van der Waals surface area contributed by atoms with E-state index in [-0.39, 0.29) is 11.0 Å². The molecule has 1 aromatic rings. The van der Waals surface area contributed by atoms with Crippen molar-refractivity contribution in [1.82, 2.24) is 5.32 Å². The Labute approximate surface area is 133 Å². The summed E-state index contributed by atoms with van der Waals surface area (Å²) >= 11 is 5.71. The highest BCUT2D eigenvalue weighted by Gasteiger charge is 2.21. The van der Waals surface area contributed by atoms with Crippen molar-refractivity contribution in [1.29, 1.82) is 0 Å². The van der Waals surface area contributed by atoms with Crippen LogP contribution in [0.25, 0.3) is 0 Å². The first-order valence-electron chi connectivity index (χ1n) is 6.14. The van der Waals surface area contributed by atoms with E-state index in [4.69, 9.17) is 22.3 Å². The van der Waals surface area contributed by atoms with E-state index >= 15 is 0 Å². The van der Waals surface area contributed by atoms with E-state index in [2.05, 4.69) is 5.32 Å². The maximum Gasteiger partial charge on any atom is 0.261 e. The van der Waals surface area contributed by atoms with E-state index in [0.29, 0.717) is 19.0 Å². The fourth-order valence-electron chi connectivity index (χ4n) is 1.52. The molecule has 0 fully saturated rings. The summed E-state index contributed by atoms with van der Waals surface area (Å²) in [7, 11) is 1.01. The Morgan fingerprint density at radius 3 is 2.38 bits per heavy atom. The predicted octanol–water partition coefficient (Wildman–Crippen LogP) is 3.57. The number of carbonyl (C=O) groups is 1. The van der Waals surface area contributed by atoms with Crippen molar-refractivity contribution in [3.63, 3.8) is 0 Å². The van der Waals surface area contributed by atoms with Gasteiger partial charge < -0.3 is 5.32 Å². The minimum atomic E-state index is -4.15. The van der Waals surface area contributed by atoms with Crippen molar-refractivity contribution >= 4 is 37.2 Å². The molecular formula is C13H16Cl2FNO3S. The van der Waals surface area contributed by atoms with Gasteiger partial charge in [-0.3, -0.25) is 4.79 Å². The molecule has 0 aliphatic heterocycles. The number of benzene rings is 1. The Hall–Kier alpha value is -0.850. The Morgan fingerprint density at radius 2 is 1.90 bits per heavy atom. The predicted molar refractivity (Wildman–Crippen MR) is 80.9 cm³/mol. The highest BCUT2D eigenvalue weighted by molar-refractivity contribution is 8.13. The molecule has 118 valence electrons. The summed E-state index contributed by atoms with van der Waals surface area (Å²) in [4.78, 5) is 11.5. The van der Waals surface area contributed by atoms with Crippen LogP contribution in [-0.2, 0) is 9.05 Å². The van der Waals surface area contributed by atoms with Crippen molar-refractivity contribution in [2.24, 2.45) is 5.41 Å². The summed E-state index contributed by atoms with van der Waals surface area (Å²) in [6.07, 6.45) is 0.701. The second kappa shape index (κ2) is 6.50. The number of nitrogens with one attached hydrogen (secondary N) is 1. The number of hydrogen-bond acceptors (Lipinski definition) is 3. The van der Waals surface area contributed by atoms with Crippen molar-refractivity contribution in [2.45, 2.75) is 32.1 Å². The lowest BCUT2D eigenvalue weighted by molar-refractivity contribution is 0.0949. The molecule has 21 heavy (non-hydrogen) atoms. The molecule has 1 aromatic carbocycles. The summed E-state index contributed by atoms with van der Waals surface area (Å²) in [5.74, 6) is -1.66. The van der Waals surface area contributed by atoms with Crippen molar-refractivity contribution in [3.8, 4) is 0 Å². The maximum atomic E-state index is 13.6. The highest BCUT2D eigenvalue weighted by atomic mass is 35.7. The van der Waals surface area contributed by atoms with Gasteiger partial charge in [0, 0.05) is 17.2 Å². The van der Waals surface area contributed by atoms with Crippen LogP contribution in [0.4, 0.5) is 4.39 Å². The van der Waals surface area contributed by atoms with E-state index in [1.165, 1.54) is 0 Å². The number of hydrogen-bond donors (Lipinski definition) is 1. The van der Waals surface area contributed by atoms with Crippen LogP contribution in [0.5, 0.6) is 0 Å². The van der Waals surface area contributed by atoms with Crippen LogP contribution in [0.3, 0.4) is 0 Å². The van der Waals surface area contributed by atoms with Crippen LogP contribution in [-0.4, -0.2) is 20.9 Å². The summed E-state index contributed by atoms with van der Waals surface area (Å²) in [6.45, 7) is 6.38. The molecule has 0 saturated heterocycles. The second-order valence-corrected chi connectivity index (χ2v) is 8.71. The highest BCUT2D eigenvalue weighted by Crippen LogP contribution is 2.26. The Balaban J connectivity index is 3.02. The van der Waals surface area contributed by atoms with Gasteiger partial charge in [-0.1, -0.05) is 32.4 Å². The molecule has 0 saturated carbocycles. The molecule has 8 heteroatoms. The lowest BCUT2D eigenvalue weighted by atomic mass is 9.92. The molecule has 1 amide bonds. The van der Waals surface area contributed by atoms with Gasteiger partial charge in [0.15, 0.2) is 0 Å². The number of amides is 1. The molecule has 0 bridgehead atoms. The third kappa shape index (κ3) is 5.45. The van der Waals surface area contributed by atoms with E-state index in [1.807, 2.05) is 20.8 Å². The molecular weight excluding hydrogens is 340 g/mol. The first-order valence-corrected chi connectivity index (χ1v) is 8.82. The van der Waals surface area contributed by atoms with Gasteiger partial charge in [0.25, 0.3) is 15.0 Å². The maximum absolute atomic E-state index is 13.6. The topological polar surface area (TPSA) is 63.2 Å². The van der Waals surface area contributed by atoms with Crippen LogP contribution in [0.1, 0.15) is 37.6 Å². The van der Waals surface area contributed by atoms with Gasteiger partial charge in [-0.05, 0) is 24.0 Å². The van der Waals surface area contributed by atoms with Gasteiger partial charge >= 0.3 is 0 Å². The zero-order chi connectivity index (χ0) is 16.4. The fourth-order valence-corrected chi connectivity index (χ4v) is 2.48. The van der Waals surface area contributed by atoms with Crippen LogP contribution in [0, 0.1) is 11.2 Å². The third-order valence-corrected chi connectivity index (χ3v) is 4.41. The van der Waals surface area contributed by atoms with Gasteiger partial charge in [0.05, 0.1) is 15.5 Å². The first kappa shape index (κ1) is 18.2. The second-order valence-electron chi connectivity index (χ2n) is 5.77. The molecule has 0 aliphatic rings. The summed E-state index contributed by atoms with van der Waals surface area (Å²) in [5, 5.41) is 2.14. The Kier molecular flexibility index (Phi) is 5.63. The lowest BCUT2D eigenvalue weighted by Crippen LogP contribution is -2.27. The molecule has 0 atom stereocenters. The molecule has 0 spiro atoms. The van der Waals surface area contributed by atoms with Gasteiger partial charge in [-0.25, -0.2) is 12.8 Å². The van der Waals surface area contributed by atoms with Crippen LogP contribution in [0.15, 0.2) is 17.0 Å². The molecule has 1 rings (SSSR count). The lowest BCUT2D eigenvalue weighted by Gasteiger charge is -2.18. The molecule has 0 unspecified atom stereocenters. The van der Waals surface area contributed by atoms with E-state index < -0.39 is 30.7 Å². The normalized spacial score (nSPS) is 12.3. The molecule has 0 aromatic heterocycles. The monoisotopic (exact) mass is 355 g/mol. The van der Waals surface area contributed by atoms with Crippen LogP contribution < -0.4 is 5.32 Å². The fraction of sp³-hybridized carbons (Fsp3) is 0.462. The van der Waals surface area contributed by atoms with Gasteiger partial charge in [-0.15, -0.1) is 0 Å². The molecule has 0 radical (unpaired) electrons. The van der Waals surface area contributed by atoms with E-state index in [9.17, 15) is 17.6 Å². The molecule has 0 aliphatic carbocycles. The molecule has 1 N–H and O–H groups in total. The first-order chi connectivity index (χ1) is 9.42. The van der Waals surface area contributed by atoms with Crippen molar-refractivity contribution in [2.75, 3.05) is 6.54 Å². The zero-order valence-electron chi connectivity index (χ0n) is 11.8. The van der Waals surface area contributed by atoms with Crippen molar-refractivity contribution in [3.05, 3.63) is 28.5 Å². The van der Waals surface area contributed by atoms with Crippen LogP contribution in [0.2, 0.25) is 5.02 Å². The van der Waals surface area contributed by atoms with E-state index in [1.54, 1.807) is 0 Å².